The van der Waals surface area contributed by atoms with E-state index in [2.05, 4.69) is 28.9 Å². The zero-order valence-corrected chi connectivity index (χ0v) is 11.5. The first-order valence-electron chi connectivity index (χ1n) is 6.71. The van der Waals surface area contributed by atoms with Crippen molar-refractivity contribution in [2.75, 3.05) is 37.8 Å². The molecule has 5 nitrogen and oxygen atoms in total. The molecule has 0 saturated carbocycles. The molecule has 1 saturated heterocycles. The van der Waals surface area contributed by atoms with Gasteiger partial charge in [-0.25, -0.2) is 0 Å². The van der Waals surface area contributed by atoms with Gasteiger partial charge in [0.2, 0.25) is 0 Å². The highest BCUT2D eigenvalue weighted by Gasteiger charge is 2.24. The van der Waals surface area contributed by atoms with Crippen molar-refractivity contribution in [3.05, 3.63) is 18.2 Å². The number of anilines is 2. The summed E-state index contributed by atoms with van der Waals surface area (Å²) >= 11 is 0. The van der Waals surface area contributed by atoms with Crippen molar-refractivity contribution in [1.82, 2.24) is 9.88 Å². The highest BCUT2D eigenvalue weighted by atomic mass is 16.4. The van der Waals surface area contributed by atoms with Crippen molar-refractivity contribution < 1.29 is 4.42 Å². The van der Waals surface area contributed by atoms with Gasteiger partial charge in [-0.2, -0.15) is 4.98 Å². The van der Waals surface area contributed by atoms with Gasteiger partial charge in [0.1, 0.15) is 5.52 Å². The molecule has 2 heterocycles. The lowest BCUT2D eigenvalue weighted by atomic mass is 10.1. The van der Waals surface area contributed by atoms with E-state index < -0.39 is 0 Å². The molecule has 1 aliphatic rings. The molecule has 0 aliphatic carbocycles. The maximum Gasteiger partial charge on any atom is 0.298 e. The maximum atomic E-state index is 5.82. The minimum Gasteiger partial charge on any atom is -0.423 e. The number of hydrogen-bond donors (Lipinski definition) is 1. The molecule has 2 N–H and O–H groups in total. The van der Waals surface area contributed by atoms with Gasteiger partial charge in [0.05, 0.1) is 0 Å². The van der Waals surface area contributed by atoms with Crippen LogP contribution in [-0.2, 0) is 0 Å². The van der Waals surface area contributed by atoms with Crippen LogP contribution >= 0.6 is 0 Å². The van der Waals surface area contributed by atoms with Gasteiger partial charge in [-0.3, -0.25) is 0 Å². The van der Waals surface area contributed by atoms with E-state index in [0.29, 0.717) is 17.7 Å². The van der Waals surface area contributed by atoms with Gasteiger partial charge >= 0.3 is 0 Å². The molecule has 2 aromatic rings. The Morgan fingerprint density at radius 2 is 2.32 bits per heavy atom. The monoisotopic (exact) mass is 260 g/mol. The Balaban J connectivity index is 1.86. The number of aromatic nitrogens is 1. The first-order chi connectivity index (χ1) is 9.13. The van der Waals surface area contributed by atoms with Crippen LogP contribution in [0.1, 0.15) is 12.8 Å². The van der Waals surface area contributed by atoms with Crippen LogP contribution in [-0.4, -0.2) is 43.1 Å². The SMILES string of the molecule is CN1CCCC(N(C)c2nc3ccc(N)cc3o2)C1. The molecule has 19 heavy (non-hydrogen) atoms. The highest BCUT2D eigenvalue weighted by Crippen LogP contribution is 2.26. The number of rotatable bonds is 2. The van der Waals surface area contributed by atoms with Gasteiger partial charge in [0, 0.05) is 31.4 Å². The lowest BCUT2D eigenvalue weighted by Crippen LogP contribution is -2.45. The molecule has 5 heteroatoms. The van der Waals surface area contributed by atoms with Gasteiger partial charge in [-0.1, -0.05) is 0 Å². The van der Waals surface area contributed by atoms with Gasteiger partial charge in [-0.15, -0.1) is 0 Å². The quantitative estimate of drug-likeness (QED) is 0.836. The van der Waals surface area contributed by atoms with Gasteiger partial charge in [0.15, 0.2) is 5.58 Å². The number of piperidine rings is 1. The minimum atomic E-state index is 0.462. The van der Waals surface area contributed by atoms with E-state index in [-0.39, 0.29) is 0 Å². The Hall–Kier alpha value is -1.75. The van der Waals surface area contributed by atoms with Crippen LogP contribution in [0.15, 0.2) is 22.6 Å². The molecule has 1 fully saturated rings. The average Bonchev–Trinajstić information content (AvgIpc) is 2.80. The van der Waals surface area contributed by atoms with Crippen LogP contribution in [0.5, 0.6) is 0 Å². The van der Waals surface area contributed by atoms with Crippen molar-refractivity contribution >= 4 is 22.8 Å². The first kappa shape index (κ1) is 12.3. The molecule has 0 radical (unpaired) electrons. The zero-order chi connectivity index (χ0) is 13.4. The smallest absolute Gasteiger partial charge is 0.298 e. The number of benzene rings is 1. The fourth-order valence-electron chi connectivity index (χ4n) is 2.69. The van der Waals surface area contributed by atoms with E-state index in [1.807, 2.05) is 18.2 Å². The average molecular weight is 260 g/mol. The predicted molar refractivity (Wildman–Crippen MR) is 77.3 cm³/mol. The molecular weight excluding hydrogens is 240 g/mol. The summed E-state index contributed by atoms with van der Waals surface area (Å²) in [6.45, 7) is 2.23. The fourth-order valence-corrected chi connectivity index (χ4v) is 2.69. The van der Waals surface area contributed by atoms with E-state index in [1.54, 1.807) is 0 Å². The van der Waals surface area contributed by atoms with Crippen LogP contribution < -0.4 is 10.6 Å². The maximum absolute atomic E-state index is 5.82. The Bertz CT molecular complexity index is 580. The van der Waals surface area contributed by atoms with Crippen molar-refractivity contribution in [1.29, 1.82) is 0 Å². The van der Waals surface area contributed by atoms with Crippen molar-refractivity contribution in [3.63, 3.8) is 0 Å². The predicted octanol–water partition coefficient (Wildman–Crippen LogP) is 1.94. The third-order valence-electron chi connectivity index (χ3n) is 3.85. The Kier molecular flexibility index (Phi) is 3.06. The fraction of sp³-hybridized carbons (Fsp3) is 0.500. The molecule has 1 aliphatic heterocycles. The summed E-state index contributed by atoms with van der Waals surface area (Å²) in [4.78, 5) is 9.04. The largest absolute Gasteiger partial charge is 0.423 e. The highest BCUT2D eigenvalue weighted by molar-refractivity contribution is 5.78. The second kappa shape index (κ2) is 4.74. The normalized spacial score (nSPS) is 20.8. The summed E-state index contributed by atoms with van der Waals surface area (Å²) in [5.74, 6) is 0. The lowest BCUT2D eigenvalue weighted by Gasteiger charge is -2.34. The van der Waals surface area contributed by atoms with E-state index in [1.165, 1.54) is 19.4 Å². The number of nitrogen functional groups attached to an aromatic ring is 1. The van der Waals surface area contributed by atoms with Crippen LogP contribution in [0.3, 0.4) is 0 Å². The summed E-state index contributed by atoms with van der Waals surface area (Å²) in [7, 11) is 4.21. The number of fused-ring (bicyclic) bond motifs is 1. The zero-order valence-electron chi connectivity index (χ0n) is 11.5. The van der Waals surface area contributed by atoms with Crippen LogP contribution in [0.2, 0.25) is 0 Å². The summed E-state index contributed by atoms with van der Waals surface area (Å²) < 4.78 is 5.82. The van der Waals surface area contributed by atoms with Crippen molar-refractivity contribution in [2.45, 2.75) is 18.9 Å². The molecule has 1 aromatic heterocycles. The molecule has 3 rings (SSSR count). The van der Waals surface area contributed by atoms with E-state index in [9.17, 15) is 0 Å². The first-order valence-corrected chi connectivity index (χ1v) is 6.71. The van der Waals surface area contributed by atoms with Gasteiger partial charge < -0.3 is 20.0 Å². The number of likely N-dealkylation sites (tertiary alicyclic amines) is 1. The lowest BCUT2D eigenvalue weighted by molar-refractivity contribution is 0.244. The molecule has 1 atom stereocenters. The van der Waals surface area contributed by atoms with Crippen molar-refractivity contribution in [3.8, 4) is 0 Å². The second-order valence-corrected chi connectivity index (χ2v) is 5.39. The van der Waals surface area contributed by atoms with E-state index in [4.69, 9.17) is 10.2 Å². The minimum absolute atomic E-state index is 0.462. The number of likely N-dealkylation sites (N-methyl/N-ethyl adjacent to an activating group) is 2. The van der Waals surface area contributed by atoms with Gasteiger partial charge in [0.25, 0.3) is 6.01 Å². The molecule has 0 amide bonds. The summed E-state index contributed by atoms with van der Waals surface area (Å²) in [5.41, 5.74) is 8.08. The van der Waals surface area contributed by atoms with Gasteiger partial charge in [-0.05, 0) is 38.6 Å². The van der Waals surface area contributed by atoms with Crippen LogP contribution in [0.25, 0.3) is 11.1 Å². The molecule has 0 bridgehead atoms. The summed E-state index contributed by atoms with van der Waals surface area (Å²) in [6.07, 6.45) is 2.40. The molecule has 0 spiro atoms. The van der Waals surface area contributed by atoms with E-state index >= 15 is 0 Å². The number of nitrogens with two attached hydrogens (primary N) is 1. The third kappa shape index (κ3) is 2.38. The Labute approximate surface area is 113 Å². The topological polar surface area (TPSA) is 58.5 Å². The summed E-state index contributed by atoms with van der Waals surface area (Å²) in [6, 6.07) is 6.72. The van der Waals surface area contributed by atoms with Crippen molar-refractivity contribution in [2.24, 2.45) is 0 Å². The number of hydrogen-bond acceptors (Lipinski definition) is 5. The van der Waals surface area contributed by atoms with Crippen LogP contribution in [0.4, 0.5) is 11.7 Å². The number of nitrogens with zero attached hydrogens (tertiary/aromatic N) is 3. The third-order valence-corrected chi connectivity index (χ3v) is 3.85. The molecule has 1 aromatic carbocycles. The van der Waals surface area contributed by atoms with Crippen LogP contribution in [0, 0.1) is 0 Å². The Morgan fingerprint density at radius 3 is 3.11 bits per heavy atom. The molecule has 102 valence electrons. The summed E-state index contributed by atoms with van der Waals surface area (Å²) in [5, 5.41) is 0. The molecular formula is C14H20N4O. The number of oxazole rings is 1. The second-order valence-electron chi connectivity index (χ2n) is 5.39. The Morgan fingerprint density at radius 1 is 1.47 bits per heavy atom. The van der Waals surface area contributed by atoms with E-state index in [0.717, 1.165) is 17.6 Å². The molecule has 1 unspecified atom stereocenters. The standard InChI is InChI=1S/C14H20N4O/c1-17-7-3-4-11(9-17)18(2)14-16-12-6-5-10(15)8-13(12)19-14/h5-6,8,11H,3-4,7,9,15H2,1-2H3.